The molecule has 0 saturated heterocycles. The van der Waals surface area contributed by atoms with Crippen molar-refractivity contribution in [3.8, 4) is 34.5 Å². The fourth-order valence-corrected chi connectivity index (χ4v) is 15.9. The first-order valence-corrected chi connectivity index (χ1v) is 54.8. The van der Waals surface area contributed by atoms with Crippen molar-refractivity contribution in [2.24, 2.45) is 0 Å². The van der Waals surface area contributed by atoms with Crippen molar-refractivity contribution in [2.45, 2.75) is 443 Å². The van der Waals surface area contributed by atoms with Crippen LogP contribution in [-0.2, 0) is 58.0 Å². The zero-order valence-electron chi connectivity index (χ0n) is 88.2. The van der Waals surface area contributed by atoms with Crippen LogP contribution in [0.4, 0.5) is 0 Å². The Morgan fingerprint density at radius 3 is 0.837 bits per heavy atom. The van der Waals surface area contributed by atoms with Crippen molar-refractivity contribution < 1.29 is 29.9 Å². The van der Waals surface area contributed by atoms with E-state index in [1.54, 1.807) is 36.4 Å². The van der Waals surface area contributed by atoms with E-state index in [-0.39, 0.29) is 0 Å². The van der Waals surface area contributed by atoms with Crippen LogP contribution < -0.4 is 9.47 Å². The third-order valence-corrected chi connectivity index (χ3v) is 24.6. The fraction of sp³-hybridized carbons (Fsp3) is 0.535. The maximum Gasteiger partial charge on any atom is 0.122 e. The number of phenols is 4. The van der Waals surface area contributed by atoms with Gasteiger partial charge >= 0.3 is 0 Å². The van der Waals surface area contributed by atoms with Gasteiger partial charge < -0.3 is 29.9 Å². The standard InChI is InChI=1S/C21H28O.2C15H24.3C14H22O.C13H20.C12H18O.C11H16O/c1-2-3-4-5-6-10-15-20-16-11-12-17-21(20)22-18-19-13-8-7-9-14-19;1-3-4-5-6-7-8-11-15-12-9-10-14(2)13-15;1-3-4-5-6-7-8-9-15-12-10-14(2)11-13-15;1-2-3-4-5-6-7-10-13-11-8-9-12-14(13)15;1-2-3-4-5-6-7-9-13-10-8-11-14(15)12-13;1-2-3-4-5-6-7-8-13-9-11-14(15)12-10-13;1-3-4-5-6-7-13-10-8-12(2)9-11-13;1-2-3-4-5-6-11-7-9-12(13)10-8-11;1-2-3-7-10-12-11-8-5-4-6-9-11/h7-9,11-14,16-17H,2-6,10,15,18H2,1H3;9-10,12-13H,3-8,11H2,1-2H3;10-13H,3-9H2,1-2H3;8-9,11-12,15H,2-7,10H2,1H3;8,10-12,15H,2-7,9H2,1H3;9-12,15H,2-8H2,1H3;8-11H,3-7H2,1-2H3;7-10,13H,2-6H2,1H3;4-6,8-9H,2-3,7,10H2,1H3. The van der Waals surface area contributed by atoms with Gasteiger partial charge in [0.1, 0.15) is 41.1 Å². The second-order valence-electron chi connectivity index (χ2n) is 37.6. The number of aromatic hydroxyl groups is 4. The SMILES string of the molecule is CCCCCCCCc1ccc(C)cc1.CCCCCCCCc1ccc(O)cc1.CCCCCCCCc1cccc(C)c1.CCCCCCCCc1cccc(O)c1.CCCCCCCCc1ccccc1O.CCCCCCCCc1ccccc1OCc1ccccc1.CCCCCCc1ccc(C)cc1.CCCCCCc1ccc(O)cc1.CCCCCOc1ccccc1. The van der Waals surface area contributed by atoms with Gasteiger partial charge in [0.25, 0.3) is 0 Å². The van der Waals surface area contributed by atoms with E-state index in [9.17, 15) is 10.2 Å². The molecule has 748 valence electrons. The van der Waals surface area contributed by atoms with E-state index in [4.69, 9.17) is 19.7 Å². The van der Waals surface area contributed by atoms with Crippen LogP contribution in [0.25, 0.3) is 0 Å². The Morgan fingerprint density at radius 2 is 0.467 bits per heavy atom. The van der Waals surface area contributed by atoms with E-state index >= 15 is 0 Å². The Labute approximate surface area is 830 Å². The number of unbranched alkanes of at least 4 members (excludes halogenated alkanes) is 38. The first-order chi connectivity index (χ1) is 66.1. The maximum absolute atomic E-state index is 9.55. The molecule has 0 aromatic heterocycles. The highest BCUT2D eigenvalue weighted by Crippen LogP contribution is 2.25. The molecule has 0 radical (unpaired) electrons. The van der Waals surface area contributed by atoms with Gasteiger partial charge in [-0.25, -0.2) is 0 Å². The van der Waals surface area contributed by atoms with Crippen molar-refractivity contribution >= 4 is 0 Å². The van der Waals surface area contributed by atoms with Gasteiger partial charge in [-0.1, -0.05) is 517 Å². The van der Waals surface area contributed by atoms with E-state index in [0.717, 1.165) is 62.2 Å². The molecule has 6 nitrogen and oxygen atoms in total. The summed E-state index contributed by atoms with van der Waals surface area (Å²) < 4.78 is 11.5. The molecule has 0 heterocycles. The number of phenolic OH excluding ortho intramolecular Hbond substituents is 4. The summed E-state index contributed by atoms with van der Waals surface area (Å²) in [4.78, 5) is 0. The molecule has 10 aromatic carbocycles. The molecular formula is C129H196O6. The fourth-order valence-electron chi connectivity index (χ4n) is 15.9. The van der Waals surface area contributed by atoms with Gasteiger partial charge in [0.15, 0.2) is 0 Å². The van der Waals surface area contributed by atoms with Crippen LogP contribution in [0.3, 0.4) is 0 Å². The van der Waals surface area contributed by atoms with Gasteiger partial charge in [0.2, 0.25) is 0 Å². The lowest BCUT2D eigenvalue weighted by atomic mass is 10.0. The summed E-state index contributed by atoms with van der Waals surface area (Å²) in [5.74, 6) is 3.58. The summed E-state index contributed by atoms with van der Waals surface area (Å²) in [5, 5.41) is 37.0. The molecule has 0 amide bonds. The Morgan fingerprint density at radius 1 is 0.185 bits per heavy atom. The smallest absolute Gasteiger partial charge is 0.122 e. The topological polar surface area (TPSA) is 99.4 Å². The number of rotatable bonds is 60. The molecule has 0 fully saturated rings. The van der Waals surface area contributed by atoms with E-state index in [0.29, 0.717) is 29.6 Å². The van der Waals surface area contributed by atoms with E-state index in [1.165, 1.54) is 376 Å². The third kappa shape index (κ3) is 73.9. The van der Waals surface area contributed by atoms with Crippen LogP contribution in [0.2, 0.25) is 0 Å². The van der Waals surface area contributed by atoms with Crippen LogP contribution in [-0.4, -0.2) is 27.0 Å². The minimum Gasteiger partial charge on any atom is -0.508 e. The molecule has 0 unspecified atom stereocenters. The highest BCUT2D eigenvalue weighted by atomic mass is 16.5. The molecule has 10 aromatic rings. The molecule has 4 N–H and O–H groups in total. The highest BCUT2D eigenvalue weighted by molar-refractivity contribution is 5.35. The molecule has 0 saturated carbocycles. The second kappa shape index (κ2) is 90.2. The maximum atomic E-state index is 9.55. The van der Waals surface area contributed by atoms with E-state index in [1.807, 2.05) is 91.0 Å². The molecule has 0 spiro atoms. The third-order valence-electron chi connectivity index (χ3n) is 24.6. The van der Waals surface area contributed by atoms with Crippen LogP contribution in [0.5, 0.6) is 34.5 Å². The quantitative estimate of drug-likeness (QED) is 0.0284. The number of ether oxygens (including phenoxy) is 2. The minimum atomic E-state index is 0.359. The van der Waals surface area contributed by atoms with Gasteiger partial charge in [-0.05, 0) is 241 Å². The Balaban J connectivity index is 0.000000516. The summed E-state index contributed by atoms with van der Waals surface area (Å²) in [7, 11) is 0. The molecule has 0 aliphatic rings. The predicted molar refractivity (Wildman–Crippen MR) is 593 cm³/mol. The average Bonchev–Trinajstić information content (AvgIpc) is 0.822. The van der Waals surface area contributed by atoms with Gasteiger partial charge in [-0.15, -0.1) is 0 Å². The molecule has 0 atom stereocenters. The number of benzene rings is 10. The molecular weight excluding hydrogens is 1650 g/mol. The number of para-hydroxylation sites is 3. The largest absolute Gasteiger partial charge is 0.508 e. The molecule has 10 rings (SSSR count). The number of hydrogen-bond donors (Lipinski definition) is 4. The molecule has 6 heteroatoms. The highest BCUT2D eigenvalue weighted by Gasteiger charge is 2.07. The lowest BCUT2D eigenvalue weighted by Gasteiger charge is -2.11. The van der Waals surface area contributed by atoms with Crippen LogP contribution >= 0.6 is 0 Å². The van der Waals surface area contributed by atoms with E-state index < -0.39 is 0 Å². The van der Waals surface area contributed by atoms with Crippen molar-refractivity contribution in [1.29, 1.82) is 0 Å². The molecule has 0 aliphatic heterocycles. The van der Waals surface area contributed by atoms with Gasteiger partial charge in [0, 0.05) is 0 Å². The predicted octanol–water partition coefficient (Wildman–Crippen LogP) is 39.7. The summed E-state index contributed by atoms with van der Waals surface area (Å²) in [6.45, 7) is 28.2. The molecule has 0 aliphatic carbocycles. The lowest BCUT2D eigenvalue weighted by molar-refractivity contribution is 0.302. The first-order valence-electron chi connectivity index (χ1n) is 54.8. The zero-order chi connectivity index (χ0) is 97.8. The normalized spacial score (nSPS) is 10.4. The Kier molecular flexibility index (Phi) is 81.5. The Hall–Kier alpha value is -9.00. The Bertz CT molecular complexity index is 3980. The first kappa shape index (κ1) is 122. The summed E-state index contributed by atoms with van der Waals surface area (Å²) in [5.41, 5.74) is 16.2. The van der Waals surface area contributed by atoms with Crippen molar-refractivity contribution in [3.05, 3.63) is 322 Å². The van der Waals surface area contributed by atoms with Crippen LogP contribution in [0.15, 0.2) is 255 Å². The average molecular weight is 1840 g/mol. The lowest BCUT2D eigenvalue weighted by Crippen LogP contribution is -1.98. The number of aryl methyl sites for hydroxylation is 11. The summed E-state index contributed by atoms with van der Waals surface area (Å²) in [6.07, 6.45) is 72.1. The second-order valence-corrected chi connectivity index (χ2v) is 37.6. The summed E-state index contributed by atoms with van der Waals surface area (Å²) >= 11 is 0. The minimum absolute atomic E-state index is 0.359. The van der Waals surface area contributed by atoms with Crippen molar-refractivity contribution in [2.75, 3.05) is 6.61 Å². The van der Waals surface area contributed by atoms with Crippen LogP contribution in [0.1, 0.15) is 431 Å². The molecule has 135 heavy (non-hydrogen) atoms. The van der Waals surface area contributed by atoms with E-state index in [2.05, 4.69) is 210 Å². The van der Waals surface area contributed by atoms with Gasteiger partial charge in [-0.2, -0.15) is 0 Å². The monoisotopic (exact) mass is 1840 g/mol. The molecule has 0 bridgehead atoms. The number of hydrogen-bond acceptors (Lipinski definition) is 6. The van der Waals surface area contributed by atoms with Crippen LogP contribution in [0, 0.1) is 20.8 Å². The van der Waals surface area contributed by atoms with Gasteiger partial charge in [-0.3, -0.25) is 0 Å². The zero-order valence-corrected chi connectivity index (χ0v) is 88.2. The summed E-state index contributed by atoms with van der Waals surface area (Å²) in [6, 6.07) is 85.9. The van der Waals surface area contributed by atoms with Crippen molar-refractivity contribution in [3.63, 3.8) is 0 Å². The van der Waals surface area contributed by atoms with Crippen molar-refractivity contribution in [1.82, 2.24) is 0 Å². The van der Waals surface area contributed by atoms with Gasteiger partial charge in [0.05, 0.1) is 6.61 Å².